The van der Waals surface area contributed by atoms with E-state index < -0.39 is 5.82 Å². The minimum atomic E-state index is -0.552. The van der Waals surface area contributed by atoms with Gasteiger partial charge in [0.2, 0.25) is 0 Å². The van der Waals surface area contributed by atoms with E-state index in [1.54, 1.807) is 0 Å². The Balaban J connectivity index is 2.79. The van der Waals surface area contributed by atoms with Crippen molar-refractivity contribution >= 4 is 11.6 Å². The summed E-state index contributed by atoms with van der Waals surface area (Å²) in [5, 5.41) is 11.8. The predicted molar refractivity (Wildman–Crippen MR) is 64.0 cm³/mol. The maximum atomic E-state index is 12.9. The molecule has 0 bridgehead atoms. The van der Waals surface area contributed by atoms with Crippen LogP contribution in [-0.2, 0) is 0 Å². The second-order valence-corrected chi connectivity index (χ2v) is 4.24. The highest BCUT2D eigenvalue weighted by atomic mass is 19.1. The van der Waals surface area contributed by atoms with Crippen LogP contribution in [0.5, 0.6) is 0 Å². The van der Waals surface area contributed by atoms with Crippen LogP contribution in [0.15, 0.2) is 18.2 Å². The van der Waals surface area contributed by atoms with E-state index in [0.29, 0.717) is 0 Å². The van der Waals surface area contributed by atoms with Gasteiger partial charge in [-0.15, -0.1) is 0 Å². The molecule has 0 saturated heterocycles. The quantitative estimate of drug-likeness (QED) is 0.691. The fourth-order valence-electron chi connectivity index (χ4n) is 1.36. The zero-order valence-corrected chi connectivity index (χ0v) is 9.90. The summed E-state index contributed by atoms with van der Waals surface area (Å²) in [6, 6.07) is 3.46. The molecule has 0 heterocycles. The van der Waals surface area contributed by atoms with Crippen LogP contribution < -0.4 is 11.1 Å². The zero-order valence-electron chi connectivity index (χ0n) is 9.90. The molecular weight excluding hydrogens is 223 g/mol. The number of amides is 1. The van der Waals surface area contributed by atoms with Crippen molar-refractivity contribution in [1.29, 1.82) is 0 Å². The molecule has 0 aliphatic heterocycles. The molecule has 0 aliphatic carbocycles. The standard InChI is InChI=1S/C12H17FN2O2/c1-7(2)11(6-16)15-12(17)8-3-4-9(13)10(14)5-8/h3-5,7,11,16H,6,14H2,1-2H3,(H,15,17). The number of nitrogen functional groups attached to an aromatic ring is 1. The number of hydrogen-bond acceptors (Lipinski definition) is 3. The van der Waals surface area contributed by atoms with Gasteiger partial charge in [-0.1, -0.05) is 13.8 Å². The Hall–Kier alpha value is -1.62. The molecule has 1 amide bonds. The number of nitrogens with one attached hydrogen (secondary N) is 1. The number of benzene rings is 1. The summed E-state index contributed by atoms with van der Waals surface area (Å²) in [6.07, 6.45) is 0. The molecule has 0 spiro atoms. The lowest BCUT2D eigenvalue weighted by Crippen LogP contribution is -2.41. The molecule has 0 aromatic heterocycles. The average molecular weight is 240 g/mol. The van der Waals surface area contributed by atoms with Gasteiger partial charge in [0.05, 0.1) is 18.3 Å². The number of anilines is 1. The smallest absolute Gasteiger partial charge is 0.251 e. The third-order valence-corrected chi connectivity index (χ3v) is 2.58. The first-order valence-corrected chi connectivity index (χ1v) is 5.42. The third-order valence-electron chi connectivity index (χ3n) is 2.58. The van der Waals surface area contributed by atoms with Crippen LogP contribution in [0.4, 0.5) is 10.1 Å². The lowest BCUT2D eigenvalue weighted by molar-refractivity contribution is 0.0897. The normalized spacial score (nSPS) is 12.5. The van der Waals surface area contributed by atoms with Gasteiger partial charge < -0.3 is 16.2 Å². The second kappa shape index (κ2) is 5.63. The lowest BCUT2D eigenvalue weighted by atomic mass is 10.0. The van der Waals surface area contributed by atoms with Crippen LogP contribution in [0.2, 0.25) is 0 Å². The van der Waals surface area contributed by atoms with Crippen molar-refractivity contribution in [2.24, 2.45) is 5.92 Å². The van der Waals surface area contributed by atoms with Gasteiger partial charge >= 0.3 is 0 Å². The highest BCUT2D eigenvalue weighted by Gasteiger charge is 2.16. The highest BCUT2D eigenvalue weighted by Crippen LogP contribution is 2.12. The number of hydrogen-bond donors (Lipinski definition) is 3. The topological polar surface area (TPSA) is 75.3 Å². The molecule has 5 heteroatoms. The summed E-state index contributed by atoms with van der Waals surface area (Å²) in [6.45, 7) is 3.64. The van der Waals surface area contributed by atoms with Crippen molar-refractivity contribution in [3.63, 3.8) is 0 Å². The maximum Gasteiger partial charge on any atom is 0.251 e. The van der Waals surface area contributed by atoms with E-state index in [1.165, 1.54) is 12.1 Å². The summed E-state index contributed by atoms with van der Waals surface area (Å²) in [5.41, 5.74) is 5.59. The fraction of sp³-hybridized carbons (Fsp3) is 0.417. The molecular formula is C12H17FN2O2. The van der Waals surface area contributed by atoms with E-state index in [9.17, 15) is 9.18 Å². The number of rotatable bonds is 4. The van der Waals surface area contributed by atoms with Crippen molar-refractivity contribution in [3.8, 4) is 0 Å². The SMILES string of the molecule is CC(C)C(CO)NC(=O)c1ccc(F)c(N)c1. The molecule has 0 fully saturated rings. The summed E-state index contributed by atoms with van der Waals surface area (Å²) >= 11 is 0. The van der Waals surface area contributed by atoms with Crippen molar-refractivity contribution in [1.82, 2.24) is 5.32 Å². The van der Waals surface area contributed by atoms with Crippen LogP contribution >= 0.6 is 0 Å². The Morgan fingerprint density at radius 3 is 2.65 bits per heavy atom. The number of nitrogens with two attached hydrogens (primary N) is 1. The monoisotopic (exact) mass is 240 g/mol. The molecule has 1 atom stereocenters. The van der Waals surface area contributed by atoms with Crippen molar-refractivity contribution in [2.45, 2.75) is 19.9 Å². The Kier molecular flexibility index (Phi) is 4.45. The number of carbonyl (C=O) groups excluding carboxylic acids is 1. The van der Waals surface area contributed by atoms with Crippen molar-refractivity contribution in [2.75, 3.05) is 12.3 Å². The Bertz CT molecular complexity index is 407. The van der Waals surface area contributed by atoms with Crippen LogP contribution in [0.3, 0.4) is 0 Å². The fourth-order valence-corrected chi connectivity index (χ4v) is 1.36. The van der Waals surface area contributed by atoms with E-state index in [-0.39, 0.29) is 35.7 Å². The number of halogens is 1. The molecule has 94 valence electrons. The molecule has 1 aromatic carbocycles. The van der Waals surface area contributed by atoms with Crippen LogP contribution in [-0.4, -0.2) is 23.7 Å². The zero-order chi connectivity index (χ0) is 13.0. The number of aliphatic hydroxyl groups is 1. The van der Waals surface area contributed by atoms with Gasteiger partial charge in [-0.2, -0.15) is 0 Å². The van der Waals surface area contributed by atoms with E-state index in [1.807, 2.05) is 13.8 Å². The first-order chi connectivity index (χ1) is 7.95. The number of aliphatic hydroxyl groups excluding tert-OH is 1. The minimum absolute atomic E-state index is 0.0669. The molecule has 17 heavy (non-hydrogen) atoms. The van der Waals surface area contributed by atoms with E-state index >= 15 is 0 Å². The summed E-state index contributed by atoms with van der Waals surface area (Å²) in [7, 11) is 0. The average Bonchev–Trinajstić information content (AvgIpc) is 2.28. The van der Waals surface area contributed by atoms with Crippen molar-refractivity contribution in [3.05, 3.63) is 29.6 Å². The molecule has 1 rings (SSSR count). The molecule has 0 aliphatic rings. The van der Waals surface area contributed by atoms with Crippen molar-refractivity contribution < 1.29 is 14.3 Å². The molecule has 1 aromatic rings. The molecule has 4 N–H and O–H groups in total. The molecule has 0 saturated carbocycles. The Labute approximate surface area is 99.6 Å². The Morgan fingerprint density at radius 1 is 1.53 bits per heavy atom. The van der Waals surface area contributed by atoms with Gasteiger partial charge in [0.1, 0.15) is 5.82 Å². The minimum Gasteiger partial charge on any atom is -0.396 e. The first kappa shape index (κ1) is 13.4. The highest BCUT2D eigenvalue weighted by molar-refractivity contribution is 5.95. The Morgan fingerprint density at radius 2 is 2.18 bits per heavy atom. The van der Waals surface area contributed by atoms with Gasteiger partial charge in [-0.3, -0.25) is 4.79 Å². The van der Waals surface area contributed by atoms with Gasteiger partial charge in [0.15, 0.2) is 0 Å². The van der Waals surface area contributed by atoms with Crippen LogP contribution in [0.1, 0.15) is 24.2 Å². The summed E-state index contributed by atoms with van der Waals surface area (Å²) in [4.78, 5) is 11.8. The second-order valence-electron chi connectivity index (χ2n) is 4.24. The third kappa shape index (κ3) is 3.42. The van der Waals surface area contributed by atoms with E-state index in [4.69, 9.17) is 10.8 Å². The molecule has 4 nitrogen and oxygen atoms in total. The van der Waals surface area contributed by atoms with Gasteiger partial charge in [-0.25, -0.2) is 4.39 Å². The van der Waals surface area contributed by atoms with Crippen LogP contribution in [0.25, 0.3) is 0 Å². The predicted octanol–water partition coefficient (Wildman–Crippen LogP) is 1.15. The summed E-state index contributed by atoms with van der Waals surface area (Å²) in [5.74, 6) is -0.810. The summed E-state index contributed by atoms with van der Waals surface area (Å²) < 4.78 is 12.9. The molecule has 1 unspecified atom stereocenters. The van der Waals surface area contributed by atoms with Gasteiger partial charge in [-0.05, 0) is 24.1 Å². The van der Waals surface area contributed by atoms with E-state index in [2.05, 4.69) is 5.32 Å². The largest absolute Gasteiger partial charge is 0.396 e. The first-order valence-electron chi connectivity index (χ1n) is 5.42. The number of carbonyl (C=O) groups is 1. The van der Waals surface area contributed by atoms with Gasteiger partial charge in [0, 0.05) is 5.56 Å². The van der Waals surface area contributed by atoms with E-state index in [0.717, 1.165) is 6.07 Å². The molecule has 0 radical (unpaired) electrons. The maximum absolute atomic E-state index is 12.9. The van der Waals surface area contributed by atoms with Crippen LogP contribution in [0, 0.1) is 11.7 Å². The van der Waals surface area contributed by atoms with Gasteiger partial charge in [0.25, 0.3) is 5.91 Å². The lowest BCUT2D eigenvalue weighted by Gasteiger charge is -2.19.